The summed E-state index contributed by atoms with van der Waals surface area (Å²) in [7, 11) is 0. The van der Waals surface area contributed by atoms with E-state index in [1.807, 2.05) is 5.43 Å². The highest BCUT2D eigenvalue weighted by Gasteiger charge is 2.37. The molecule has 33 heavy (non-hydrogen) atoms. The van der Waals surface area contributed by atoms with E-state index in [4.69, 9.17) is 34.8 Å². The first kappa shape index (κ1) is 24.5. The number of hydrogen-bond acceptors (Lipinski definition) is 6. The molecule has 6 N–H and O–H groups in total. The second kappa shape index (κ2) is 9.75. The van der Waals surface area contributed by atoms with Crippen LogP contribution < -0.4 is 22.3 Å². The van der Waals surface area contributed by atoms with Crippen LogP contribution in [-0.2, 0) is 19.3 Å². The van der Waals surface area contributed by atoms with Gasteiger partial charge in [0.05, 0.1) is 28.5 Å². The summed E-state index contributed by atoms with van der Waals surface area (Å²) >= 11 is 12.0. The summed E-state index contributed by atoms with van der Waals surface area (Å²) in [4.78, 5) is 28.9. The molecular formula is C19H16Cl2F3N7O2. The van der Waals surface area contributed by atoms with Gasteiger partial charge in [-0.25, -0.2) is 5.84 Å². The molecular weight excluding hydrogens is 486 g/mol. The van der Waals surface area contributed by atoms with E-state index in [1.165, 1.54) is 30.5 Å². The summed E-state index contributed by atoms with van der Waals surface area (Å²) in [5.74, 6) is 3.35. The average Bonchev–Trinajstić information content (AvgIpc) is 3.20. The summed E-state index contributed by atoms with van der Waals surface area (Å²) in [5.41, 5.74) is 6.01. The van der Waals surface area contributed by atoms with Gasteiger partial charge in [-0.05, 0) is 29.8 Å². The number of nitrogens with zero attached hydrogens (tertiary/aromatic N) is 3. The first-order chi connectivity index (χ1) is 15.5. The Kier molecular flexibility index (Phi) is 7.22. The molecule has 2 amide bonds. The van der Waals surface area contributed by atoms with E-state index >= 15 is 0 Å². The largest absolute Gasteiger partial charge is 0.433 e. The molecule has 3 aromatic rings. The Bertz CT molecular complexity index is 1210. The molecule has 0 aliphatic heterocycles. The Morgan fingerprint density at radius 3 is 2.48 bits per heavy atom. The fraction of sp³-hybridized carbons (Fsp3) is 0.158. The monoisotopic (exact) mass is 501 g/mol. The molecule has 0 bridgehead atoms. The lowest BCUT2D eigenvalue weighted by Crippen LogP contribution is -2.31. The van der Waals surface area contributed by atoms with Crippen molar-refractivity contribution in [1.29, 1.82) is 0 Å². The predicted molar refractivity (Wildman–Crippen MR) is 115 cm³/mol. The lowest BCUT2D eigenvalue weighted by molar-refractivity contribution is -0.144. The maximum atomic E-state index is 13.6. The van der Waals surface area contributed by atoms with Gasteiger partial charge in [-0.2, -0.15) is 18.3 Å². The first-order valence-corrected chi connectivity index (χ1v) is 9.90. The van der Waals surface area contributed by atoms with E-state index in [2.05, 4.69) is 15.4 Å². The molecule has 14 heteroatoms. The van der Waals surface area contributed by atoms with Crippen LogP contribution in [0.1, 0.15) is 37.8 Å². The van der Waals surface area contributed by atoms with Crippen molar-refractivity contribution < 1.29 is 22.8 Å². The van der Waals surface area contributed by atoms with Crippen molar-refractivity contribution in [2.75, 3.05) is 5.32 Å². The van der Waals surface area contributed by atoms with Gasteiger partial charge in [0.2, 0.25) is 0 Å². The van der Waals surface area contributed by atoms with E-state index in [1.54, 1.807) is 0 Å². The summed E-state index contributed by atoms with van der Waals surface area (Å²) in [5, 5.41) is 6.44. The molecule has 1 aromatic carbocycles. The van der Waals surface area contributed by atoms with Gasteiger partial charge < -0.3 is 11.1 Å². The number of carbonyl (C=O) groups excluding carboxylic acids is 2. The fourth-order valence-electron chi connectivity index (χ4n) is 2.96. The van der Waals surface area contributed by atoms with Gasteiger partial charge in [0, 0.05) is 23.8 Å². The van der Waals surface area contributed by atoms with E-state index < -0.39 is 35.9 Å². The number of alkyl halides is 3. The highest BCUT2D eigenvalue weighted by molar-refractivity contribution is 6.31. The van der Waals surface area contributed by atoms with Gasteiger partial charge in [-0.1, -0.05) is 23.2 Å². The van der Waals surface area contributed by atoms with Gasteiger partial charge in [0.25, 0.3) is 11.8 Å². The van der Waals surface area contributed by atoms with Crippen LogP contribution in [0.3, 0.4) is 0 Å². The molecule has 2 aromatic heterocycles. The predicted octanol–water partition coefficient (Wildman–Crippen LogP) is 2.97. The number of aromatic nitrogens is 3. The fourth-order valence-corrected chi connectivity index (χ4v) is 3.38. The smallest absolute Gasteiger partial charge is 0.326 e. The first-order valence-electron chi connectivity index (χ1n) is 9.14. The summed E-state index contributed by atoms with van der Waals surface area (Å²) in [6, 6.07) is 6.18. The van der Waals surface area contributed by atoms with Crippen LogP contribution in [0.25, 0.3) is 0 Å². The molecule has 174 valence electrons. The van der Waals surface area contributed by atoms with Gasteiger partial charge in [-0.3, -0.25) is 24.7 Å². The molecule has 0 atom stereocenters. The number of carbonyl (C=O) groups is 2. The minimum absolute atomic E-state index is 0.0641. The Morgan fingerprint density at radius 2 is 1.88 bits per heavy atom. The van der Waals surface area contributed by atoms with Gasteiger partial charge >= 0.3 is 6.18 Å². The maximum Gasteiger partial charge on any atom is 0.433 e. The van der Waals surface area contributed by atoms with Crippen LogP contribution in [0.15, 0.2) is 36.5 Å². The highest BCUT2D eigenvalue weighted by Crippen LogP contribution is 2.31. The highest BCUT2D eigenvalue weighted by atomic mass is 35.5. The number of rotatable bonds is 6. The Morgan fingerprint density at radius 1 is 1.15 bits per heavy atom. The normalized spacial score (nSPS) is 11.4. The third kappa shape index (κ3) is 5.42. The Hall–Kier alpha value is -3.19. The number of anilines is 1. The molecule has 0 radical (unpaired) electrons. The topological polar surface area (TPSA) is 141 Å². The average molecular weight is 502 g/mol. The second-order valence-electron chi connectivity index (χ2n) is 6.62. The number of hydrazine groups is 1. The Labute approximate surface area is 194 Å². The number of nitrogens with one attached hydrogen (secondary N) is 2. The summed E-state index contributed by atoms with van der Waals surface area (Å²) < 4.78 is 41.3. The quantitative estimate of drug-likeness (QED) is 0.232. The molecule has 0 spiro atoms. The summed E-state index contributed by atoms with van der Waals surface area (Å²) in [6.45, 7) is -0.570. The molecule has 9 nitrogen and oxygen atoms in total. The maximum absolute atomic E-state index is 13.6. The number of nitrogens with two attached hydrogens (primary N) is 2. The second-order valence-corrected chi connectivity index (χ2v) is 7.46. The number of pyridine rings is 1. The summed E-state index contributed by atoms with van der Waals surface area (Å²) in [6.07, 6.45) is -3.45. The van der Waals surface area contributed by atoms with Gasteiger partial charge in [0.1, 0.15) is 5.69 Å². The van der Waals surface area contributed by atoms with E-state index in [0.29, 0.717) is 10.7 Å². The lowest BCUT2D eigenvalue weighted by atomic mass is 10.1. The molecule has 0 saturated carbocycles. The van der Waals surface area contributed by atoms with Crippen molar-refractivity contribution in [2.24, 2.45) is 11.6 Å². The van der Waals surface area contributed by atoms with Crippen molar-refractivity contribution in [1.82, 2.24) is 20.2 Å². The molecule has 3 rings (SSSR count). The van der Waals surface area contributed by atoms with E-state index in [9.17, 15) is 22.8 Å². The molecule has 0 fully saturated rings. The van der Waals surface area contributed by atoms with Crippen LogP contribution >= 0.6 is 23.2 Å². The van der Waals surface area contributed by atoms with Crippen molar-refractivity contribution in [3.8, 4) is 0 Å². The third-order valence-electron chi connectivity index (χ3n) is 4.46. The molecule has 0 unspecified atom stereocenters. The lowest BCUT2D eigenvalue weighted by Gasteiger charge is -2.14. The minimum atomic E-state index is -4.82. The van der Waals surface area contributed by atoms with Gasteiger partial charge in [-0.15, -0.1) is 0 Å². The van der Waals surface area contributed by atoms with E-state index in [-0.39, 0.29) is 39.1 Å². The van der Waals surface area contributed by atoms with Crippen LogP contribution in [0, 0.1) is 0 Å². The van der Waals surface area contributed by atoms with Gasteiger partial charge in [0.15, 0.2) is 5.69 Å². The molecule has 0 saturated heterocycles. The third-order valence-corrected chi connectivity index (χ3v) is 5.02. The molecule has 0 aliphatic carbocycles. The minimum Gasteiger partial charge on any atom is -0.326 e. The van der Waals surface area contributed by atoms with Crippen molar-refractivity contribution >= 4 is 40.7 Å². The number of hydrogen-bond donors (Lipinski definition) is 4. The van der Waals surface area contributed by atoms with Crippen molar-refractivity contribution in [3.63, 3.8) is 0 Å². The SMILES string of the molecule is NCc1cc(Cl)cc(C(=O)NN)c1NC(=O)c1cc(C(F)(F)F)n(Cc2ncccc2Cl)n1. The Balaban J connectivity index is 2.01. The van der Waals surface area contributed by atoms with Crippen LogP contribution in [0.5, 0.6) is 0 Å². The number of benzene rings is 1. The van der Waals surface area contributed by atoms with Crippen LogP contribution in [0.4, 0.5) is 18.9 Å². The zero-order valence-corrected chi connectivity index (χ0v) is 18.1. The zero-order valence-electron chi connectivity index (χ0n) is 16.6. The van der Waals surface area contributed by atoms with Crippen molar-refractivity contribution in [3.05, 3.63) is 74.8 Å². The number of nitrogen functional groups attached to an aromatic ring is 1. The number of halogens is 5. The van der Waals surface area contributed by atoms with E-state index in [0.717, 1.165) is 0 Å². The molecule has 2 heterocycles. The van der Waals surface area contributed by atoms with Crippen LogP contribution in [-0.4, -0.2) is 26.6 Å². The van der Waals surface area contributed by atoms with Crippen LogP contribution in [0.2, 0.25) is 10.0 Å². The zero-order chi connectivity index (χ0) is 24.3. The number of amides is 2. The standard InChI is InChI=1S/C19H16Cl2F3N7O2/c20-10-4-9(7-25)16(11(5-10)17(32)29-26)28-18(33)13-6-15(19(22,23)24)31(30-13)8-14-12(21)2-1-3-27-14/h1-6H,7-8,25-26H2,(H,28,33)(H,29,32). The van der Waals surface area contributed by atoms with Crippen molar-refractivity contribution in [2.45, 2.75) is 19.3 Å². The molecule has 0 aliphatic rings.